The zero-order valence-electron chi connectivity index (χ0n) is 33.0. The molecule has 0 aromatic heterocycles. The largest absolute Gasteiger partial charge is 0.394 e. The normalized spacial score (nSPS) is 14.1. The number of rotatable bonds is 38. The third kappa shape index (κ3) is 34.7. The molecule has 0 aliphatic carbocycles. The molecule has 3 unspecified atom stereocenters. The quantitative estimate of drug-likeness (QED) is 0.0381. The molecule has 0 aromatic carbocycles. The third-order valence-electron chi connectivity index (χ3n) is 9.62. The van der Waals surface area contributed by atoms with Crippen molar-refractivity contribution in [3.8, 4) is 0 Å². The van der Waals surface area contributed by atoms with Crippen LogP contribution in [0.25, 0.3) is 0 Å². The highest BCUT2D eigenvalue weighted by Crippen LogP contribution is 2.14. The lowest BCUT2D eigenvalue weighted by molar-refractivity contribution is -0.131. The van der Waals surface area contributed by atoms with Gasteiger partial charge in [0.25, 0.3) is 0 Å². The van der Waals surface area contributed by atoms with Crippen molar-refractivity contribution in [1.82, 2.24) is 5.32 Å². The smallest absolute Gasteiger partial charge is 0.249 e. The van der Waals surface area contributed by atoms with Gasteiger partial charge >= 0.3 is 0 Å². The van der Waals surface area contributed by atoms with Crippen LogP contribution in [-0.4, -0.2) is 46.1 Å². The van der Waals surface area contributed by atoms with Gasteiger partial charge in [0.2, 0.25) is 5.91 Å². The first-order valence-corrected chi connectivity index (χ1v) is 21.5. The van der Waals surface area contributed by atoms with Gasteiger partial charge in [-0.25, -0.2) is 0 Å². The van der Waals surface area contributed by atoms with Crippen molar-refractivity contribution in [2.75, 3.05) is 6.61 Å². The second-order valence-corrected chi connectivity index (χ2v) is 14.5. The van der Waals surface area contributed by atoms with Gasteiger partial charge in [0, 0.05) is 0 Å². The van der Waals surface area contributed by atoms with E-state index in [0.717, 1.165) is 44.9 Å². The Morgan fingerprint density at radius 3 is 1.22 bits per heavy atom. The summed E-state index contributed by atoms with van der Waals surface area (Å²) in [5.74, 6) is -0.523. The third-order valence-corrected chi connectivity index (χ3v) is 9.62. The van der Waals surface area contributed by atoms with Gasteiger partial charge in [-0.1, -0.05) is 184 Å². The van der Waals surface area contributed by atoms with Gasteiger partial charge in [0.15, 0.2) is 0 Å². The van der Waals surface area contributed by atoms with Gasteiger partial charge < -0.3 is 20.6 Å². The van der Waals surface area contributed by atoms with Crippen molar-refractivity contribution in [2.24, 2.45) is 0 Å². The predicted molar refractivity (Wildman–Crippen MR) is 217 cm³/mol. The minimum Gasteiger partial charge on any atom is -0.394 e. The summed E-state index contributed by atoms with van der Waals surface area (Å²) in [6.45, 7) is 4.14. The van der Waals surface area contributed by atoms with Gasteiger partial charge in [0.1, 0.15) is 6.10 Å². The second-order valence-electron chi connectivity index (χ2n) is 14.5. The van der Waals surface area contributed by atoms with E-state index >= 15 is 0 Å². The molecular weight excluding hydrogens is 618 g/mol. The number of amides is 1. The van der Waals surface area contributed by atoms with Crippen molar-refractivity contribution in [3.05, 3.63) is 48.6 Å². The van der Waals surface area contributed by atoms with Gasteiger partial charge in [-0.2, -0.15) is 0 Å². The van der Waals surface area contributed by atoms with Gasteiger partial charge in [-0.15, -0.1) is 0 Å². The molecule has 5 nitrogen and oxygen atoms in total. The first kappa shape index (κ1) is 48.3. The van der Waals surface area contributed by atoms with Crippen LogP contribution in [-0.2, 0) is 4.79 Å². The Labute approximate surface area is 310 Å². The van der Waals surface area contributed by atoms with E-state index in [1.54, 1.807) is 6.08 Å². The Balaban J connectivity index is 3.74. The first-order chi connectivity index (χ1) is 24.6. The summed E-state index contributed by atoms with van der Waals surface area (Å²) < 4.78 is 0. The fourth-order valence-corrected chi connectivity index (χ4v) is 6.21. The molecule has 0 rings (SSSR count). The Bertz CT molecular complexity index is 820. The van der Waals surface area contributed by atoms with Gasteiger partial charge in [0.05, 0.1) is 18.8 Å². The van der Waals surface area contributed by atoms with Crippen LogP contribution in [0.1, 0.15) is 206 Å². The number of aliphatic hydroxyl groups is 3. The van der Waals surface area contributed by atoms with E-state index in [9.17, 15) is 20.1 Å². The predicted octanol–water partition coefficient (Wildman–Crippen LogP) is 12.2. The van der Waals surface area contributed by atoms with E-state index in [2.05, 4.69) is 55.6 Å². The molecule has 0 aromatic rings. The van der Waals surface area contributed by atoms with E-state index in [4.69, 9.17) is 0 Å². The molecule has 0 bridgehead atoms. The number of allylic oxidation sites excluding steroid dienone is 7. The number of carbonyl (C=O) groups excluding carboxylic acids is 1. The molecule has 0 fully saturated rings. The summed E-state index contributed by atoms with van der Waals surface area (Å²) in [5, 5.41) is 33.0. The number of carbonyl (C=O) groups is 1. The molecule has 0 radical (unpaired) electrons. The Morgan fingerprint density at radius 1 is 0.480 bits per heavy atom. The van der Waals surface area contributed by atoms with Crippen molar-refractivity contribution in [1.29, 1.82) is 0 Å². The van der Waals surface area contributed by atoms with Crippen LogP contribution >= 0.6 is 0 Å². The summed E-state index contributed by atoms with van der Waals surface area (Å²) >= 11 is 0. The van der Waals surface area contributed by atoms with Crippen LogP contribution in [0.5, 0.6) is 0 Å². The second kappa shape index (κ2) is 40.1. The first-order valence-electron chi connectivity index (χ1n) is 21.5. The maximum absolute atomic E-state index is 12.4. The fourth-order valence-electron chi connectivity index (χ4n) is 6.21. The van der Waals surface area contributed by atoms with Crippen LogP contribution in [0.4, 0.5) is 0 Å². The zero-order valence-corrected chi connectivity index (χ0v) is 33.0. The molecule has 0 spiro atoms. The Kier molecular flexibility index (Phi) is 38.7. The van der Waals surface area contributed by atoms with E-state index < -0.39 is 24.2 Å². The Morgan fingerprint density at radius 2 is 0.820 bits per heavy atom. The summed E-state index contributed by atoms with van der Waals surface area (Å²) in [6, 6.07) is -0.823. The monoisotopic (exact) mass is 702 g/mol. The molecule has 5 heteroatoms. The average molecular weight is 702 g/mol. The van der Waals surface area contributed by atoms with Crippen molar-refractivity contribution in [2.45, 2.75) is 225 Å². The number of nitrogens with one attached hydrogen (secondary N) is 1. The topological polar surface area (TPSA) is 89.8 Å². The number of unbranched alkanes of at least 4 members (excludes halogenated alkanes) is 24. The summed E-state index contributed by atoms with van der Waals surface area (Å²) in [7, 11) is 0. The maximum Gasteiger partial charge on any atom is 0.249 e. The highest BCUT2D eigenvalue weighted by atomic mass is 16.3. The van der Waals surface area contributed by atoms with Crippen LogP contribution < -0.4 is 5.32 Å². The van der Waals surface area contributed by atoms with Crippen LogP contribution in [0.3, 0.4) is 0 Å². The Hall–Kier alpha value is -1.69. The van der Waals surface area contributed by atoms with Crippen molar-refractivity contribution >= 4 is 5.91 Å². The highest BCUT2D eigenvalue weighted by Gasteiger charge is 2.22. The minimum atomic E-state index is -1.11. The SMILES string of the molecule is CCCCCCC/C=C/CC/C=C/CC/C=C/C(O)C(CO)NC(=O)C(O)CCCCCCCC/C=C\CCCCCCCCCCCCC. The average Bonchev–Trinajstić information content (AvgIpc) is 3.12. The fraction of sp³-hybridized carbons (Fsp3) is 0.800. The molecule has 0 saturated heterocycles. The molecule has 0 aliphatic heterocycles. The van der Waals surface area contributed by atoms with Crippen molar-refractivity contribution in [3.63, 3.8) is 0 Å². The van der Waals surface area contributed by atoms with E-state index in [-0.39, 0.29) is 6.61 Å². The zero-order chi connectivity index (χ0) is 36.6. The maximum atomic E-state index is 12.4. The van der Waals surface area contributed by atoms with Gasteiger partial charge in [-0.05, 0) is 70.6 Å². The molecule has 0 heterocycles. The summed E-state index contributed by atoms with van der Waals surface area (Å²) in [6.07, 6.45) is 51.4. The molecule has 292 valence electrons. The molecule has 3 atom stereocenters. The van der Waals surface area contributed by atoms with E-state index in [0.29, 0.717) is 6.42 Å². The number of hydrogen-bond donors (Lipinski definition) is 4. The summed E-state index contributed by atoms with van der Waals surface area (Å²) in [4.78, 5) is 12.4. The number of aliphatic hydroxyl groups excluding tert-OH is 3. The summed E-state index contributed by atoms with van der Waals surface area (Å²) in [5.41, 5.74) is 0. The van der Waals surface area contributed by atoms with Crippen LogP contribution in [0.2, 0.25) is 0 Å². The molecule has 1 amide bonds. The lowest BCUT2D eigenvalue weighted by atomic mass is 10.0. The van der Waals surface area contributed by atoms with E-state index in [1.165, 1.54) is 141 Å². The standard InChI is InChI=1S/C45H83NO4/c1-3-5-7-9-11-13-15-17-19-20-21-22-23-24-26-28-30-32-34-36-38-40-44(49)45(50)46-42(41-47)43(48)39-37-35-33-31-29-27-25-18-16-14-12-10-8-6-4-2/h16,18,23-24,29,31,37,39,42-44,47-49H,3-15,17,19-22,25-28,30,32-36,38,40-41H2,1-2H3,(H,46,50)/b18-16+,24-23-,31-29+,39-37+. The lowest BCUT2D eigenvalue weighted by Crippen LogP contribution is -2.48. The highest BCUT2D eigenvalue weighted by molar-refractivity contribution is 5.80. The van der Waals surface area contributed by atoms with E-state index in [1.807, 2.05) is 6.08 Å². The molecule has 4 N–H and O–H groups in total. The lowest BCUT2D eigenvalue weighted by Gasteiger charge is -2.21. The molecule has 0 aliphatic rings. The van der Waals surface area contributed by atoms with Gasteiger partial charge in [-0.3, -0.25) is 4.79 Å². The molecular formula is C45H83NO4. The molecule has 0 saturated carbocycles. The van der Waals surface area contributed by atoms with Crippen LogP contribution in [0, 0.1) is 0 Å². The van der Waals surface area contributed by atoms with Crippen LogP contribution in [0.15, 0.2) is 48.6 Å². The molecule has 50 heavy (non-hydrogen) atoms. The van der Waals surface area contributed by atoms with Crippen molar-refractivity contribution < 1.29 is 20.1 Å². The number of hydrogen-bond acceptors (Lipinski definition) is 4. The minimum absolute atomic E-state index is 0.384.